The van der Waals surface area contributed by atoms with Gasteiger partial charge in [0.15, 0.2) is 0 Å². The van der Waals surface area contributed by atoms with E-state index in [-0.39, 0.29) is 10.6 Å². The van der Waals surface area contributed by atoms with Crippen LogP contribution in [0.4, 0.5) is 0 Å². The Morgan fingerprint density at radius 2 is 1.86 bits per heavy atom. The molecule has 0 saturated carbocycles. The maximum absolute atomic E-state index is 13.9. The van der Waals surface area contributed by atoms with Crippen LogP contribution in [-0.4, -0.2) is 67.9 Å². The fourth-order valence-electron chi connectivity index (χ4n) is 3.99. The molecule has 1 fully saturated rings. The van der Waals surface area contributed by atoms with Crippen molar-refractivity contribution in [3.8, 4) is 16.9 Å². The SMILES string of the molecule is O=C(/C=C/c1ccn(S(=O)(=O)c2c(OCCCN3CCOCC3)cccc2-c2ccccc2)c1)NO. The van der Waals surface area contributed by atoms with E-state index in [1.165, 1.54) is 23.9 Å². The van der Waals surface area contributed by atoms with Crippen LogP contribution in [0.1, 0.15) is 12.0 Å². The quantitative estimate of drug-likeness (QED) is 0.186. The molecular weight excluding hydrogens is 482 g/mol. The van der Waals surface area contributed by atoms with Crippen molar-refractivity contribution < 1.29 is 27.9 Å². The number of rotatable bonds is 10. The Labute approximate surface area is 210 Å². The minimum absolute atomic E-state index is 0.0711. The summed E-state index contributed by atoms with van der Waals surface area (Å²) in [6.45, 7) is 4.43. The van der Waals surface area contributed by atoms with Gasteiger partial charge < -0.3 is 9.47 Å². The van der Waals surface area contributed by atoms with Gasteiger partial charge in [-0.15, -0.1) is 0 Å². The van der Waals surface area contributed by atoms with E-state index in [1.54, 1.807) is 24.3 Å². The summed E-state index contributed by atoms with van der Waals surface area (Å²) >= 11 is 0. The van der Waals surface area contributed by atoms with Gasteiger partial charge >= 0.3 is 0 Å². The standard InChI is InChI=1S/C26H29N3O6S/c30-25(27-31)11-10-21-12-14-29(20-21)36(32,33)26-23(22-6-2-1-3-7-22)8-4-9-24(26)35-17-5-13-28-15-18-34-19-16-28/h1-4,6-12,14,20,31H,5,13,15-19H2,(H,27,30)/b11-10+. The van der Waals surface area contributed by atoms with Gasteiger partial charge in [0, 0.05) is 43.7 Å². The summed E-state index contributed by atoms with van der Waals surface area (Å²) in [5.74, 6) is -0.434. The molecule has 1 saturated heterocycles. The average molecular weight is 512 g/mol. The van der Waals surface area contributed by atoms with Gasteiger partial charge in [0.05, 0.1) is 19.8 Å². The van der Waals surface area contributed by atoms with Gasteiger partial charge in [-0.25, -0.2) is 17.9 Å². The fraction of sp³-hybridized carbons (Fsp3) is 0.269. The van der Waals surface area contributed by atoms with Crippen LogP contribution in [0.5, 0.6) is 5.75 Å². The Morgan fingerprint density at radius 1 is 1.08 bits per heavy atom. The Morgan fingerprint density at radius 3 is 2.61 bits per heavy atom. The van der Waals surface area contributed by atoms with Crippen molar-refractivity contribution in [1.29, 1.82) is 0 Å². The number of nitrogens with one attached hydrogen (secondary N) is 1. The van der Waals surface area contributed by atoms with Gasteiger partial charge in [0.25, 0.3) is 15.9 Å². The van der Waals surface area contributed by atoms with Gasteiger partial charge in [-0.1, -0.05) is 42.5 Å². The molecule has 2 N–H and O–H groups in total. The average Bonchev–Trinajstić information content (AvgIpc) is 3.41. The first-order valence-electron chi connectivity index (χ1n) is 11.7. The lowest BCUT2D eigenvalue weighted by Gasteiger charge is -2.26. The summed E-state index contributed by atoms with van der Waals surface area (Å²) in [6.07, 6.45) is 6.08. The van der Waals surface area contributed by atoms with E-state index < -0.39 is 15.9 Å². The summed E-state index contributed by atoms with van der Waals surface area (Å²) in [6, 6.07) is 16.1. The van der Waals surface area contributed by atoms with Gasteiger partial charge in [-0.2, -0.15) is 0 Å². The molecule has 1 aromatic heterocycles. The van der Waals surface area contributed by atoms with Crippen LogP contribution in [-0.2, 0) is 19.6 Å². The zero-order chi connectivity index (χ0) is 25.4. The molecule has 2 aromatic carbocycles. The predicted molar refractivity (Wildman–Crippen MR) is 135 cm³/mol. The number of ether oxygens (including phenoxy) is 2. The summed E-state index contributed by atoms with van der Waals surface area (Å²) < 4.78 is 40.2. The molecule has 0 aliphatic carbocycles. The lowest BCUT2D eigenvalue weighted by Crippen LogP contribution is -2.37. The highest BCUT2D eigenvalue weighted by molar-refractivity contribution is 7.90. The summed E-state index contributed by atoms with van der Waals surface area (Å²) in [4.78, 5) is 13.7. The number of hydroxylamine groups is 1. The molecule has 0 unspecified atom stereocenters. The molecule has 1 aliphatic heterocycles. The predicted octanol–water partition coefficient (Wildman–Crippen LogP) is 3.01. The minimum Gasteiger partial charge on any atom is -0.492 e. The van der Waals surface area contributed by atoms with Crippen LogP contribution in [0.3, 0.4) is 0 Å². The number of benzene rings is 2. The zero-order valence-corrected chi connectivity index (χ0v) is 20.6. The molecule has 190 valence electrons. The van der Waals surface area contributed by atoms with E-state index in [4.69, 9.17) is 14.7 Å². The van der Waals surface area contributed by atoms with Crippen molar-refractivity contribution in [2.75, 3.05) is 39.5 Å². The van der Waals surface area contributed by atoms with E-state index in [9.17, 15) is 13.2 Å². The normalized spacial score (nSPS) is 14.7. The van der Waals surface area contributed by atoms with Gasteiger partial charge in [0.2, 0.25) is 0 Å². The van der Waals surface area contributed by atoms with E-state index in [0.29, 0.717) is 17.7 Å². The Hall–Kier alpha value is -3.44. The van der Waals surface area contributed by atoms with Crippen LogP contribution in [0, 0.1) is 0 Å². The Balaban J connectivity index is 1.63. The van der Waals surface area contributed by atoms with Gasteiger partial charge in [-0.05, 0) is 35.8 Å². The fourth-order valence-corrected chi connectivity index (χ4v) is 5.53. The minimum atomic E-state index is -4.05. The third-order valence-electron chi connectivity index (χ3n) is 5.81. The van der Waals surface area contributed by atoms with Gasteiger partial charge in [-0.3, -0.25) is 14.9 Å². The van der Waals surface area contributed by atoms with Crippen LogP contribution in [0.2, 0.25) is 0 Å². The molecule has 1 aliphatic rings. The van der Waals surface area contributed by atoms with Crippen molar-refractivity contribution in [2.24, 2.45) is 0 Å². The maximum atomic E-state index is 13.9. The molecule has 0 atom stereocenters. The lowest BCUT2D eigenvalue weighted by molar-refractivity contribution is -0.124. The number of aromatic nitrogens is 1. The first-order chi connectivity index (χ1) is 17.5. The van der Waals surface area contributed by atoms with Crippen LogP contribution < -0.4 is 10.2 Å². The number of hydrogen-bond donors (Lipinski definition) is 2. The largest absolute Gasteiger partial charge is 0.492 e. The third-order valence-corrected chi connectivity index (χ3v) is 7.53. The first-order valence-corrected chi connectivity index (χ1v) is 13.1. The Bertz CT molecular complexity index is 1300. The Kier molecular flexibility index (Phi) is 8.55. The second kappa shape index (κ2) is 12.0. The summed E-state index contributed by atoms with van der Waals surface area (Å²) in [5.41, 5.74) is 3.26. The molecular formula is C26H29N3O6S. The monoisotopic (exact) mass is 511 g/mol. The van der Waals surface area contributed by atoms with Crippen LogP contribution in [0.25, 0.3) is 17.2 Å². The summed E-state index contributed by atoms with van der Waals surface area (Å²) in [7, 11) is -4.05. The molecule has 3 aromatic rings. The van der Waals surface area contributed by atoms with E-state index in [1.807, 2.05) is 30.3 Å². The lowest BCUT2D eigenvalue weighted by atomic mass is 10.1. The molecule has 1 amide bonds. The first kappa shape index (κ1) is 25.6. The number of carbonyl (C=O) groups excluding carboxylic acids is 1. The highest BCUT2D eigenvalue weighted by Crippen LogP contribution is 2.36. The van der Waals surface area contributed by atoms with Crippen molar-refractivity contribution in [3.05, 3.63) is 78.6 Å². The maximum Gasteiger partial charge on any atom is 0.271 e. The number of hydrogen-bond acceptors (Lipinski definition) is 7. The second-order valence-electron chi connectivity index (χ2n) is 8.24. The van der Waals surface area contributed by atoms with Crippen molar-refractivity contribution in [1.82, 2.24) is 14.4 Å². The van der Waals surface area contributed by atoms with Gasteiger partial charge in [0.1, 0.15) is 10.6 Å². The molecule has 2 heterocycles. The number of morpholine rings is 1. The molecule has 0 spiro atoms. The van der Waals surface area contributed by atoms with Crippen molar-refractivity contribution >= 4 is 22.0 Å². The topological polar surface area (TPSA) is 110 Å². The molecule has 0 bridgehead atoms. The second-order valence-corrected chi connectivity index (χ2v) is 10.0. The van der Waals surface area contributed by atoms with Crippen molar-refractivity contribution in [3.63, 3.8) is 0 Å². The van der Waals surface area contributed by atoms with E-state index in [0.717, 1.165) is 54.9 Å². The molecule has 36 heavy (non-hydrogen) atoms. The van der Waals surface area contributed by atoms with E-state index >= 15 is 0 Å². The highest BCUT2D eigenvalue weighted by atomic mass is 32.2. The van der Waals surface area contributed by atoms with Crippen LogP contribution >= 0.6 is 0 Å². The highest BCUT2D eigenvalue weighted by Gasteiger charge is 2.26. The van der Waals surface area contributed by atoms with Crippen molar-refractivity contribution in [2.45, 2.75) is 11.3 Å². The number of amides is 1. The smallest absolute Gasteiger partial charge is 0.271 e. The molecule has 4 rings (SSSR count). The van der Waals surface area contributed by atoms with Crippen LogP contribution in [0.15, 0.2) is 78.0 Å². The zero-order valence-electron chi connectivity index (χ0n) is 19.7. The number of carbonyl (C=O) groups is 1. The van der Waals surface area contributed by atoms with E-state index in [2.05, 4.69) is 4.90 Å². The molecule has 0 radical (unpaired) electrons. The third kappa shape index (κ3) is 6.21. The molecule has 9 nitrogen and oxygen atoms in total. The molecule has 10 heteroatoms. The summed E-state index contributed by atoms with van der Waals surface area (Å²) in [5, 5.41) is 8.65. The number of nitrogens with zero attached hydrogens (tertiary/aromatic N) is 2.